The SMILES string of the molecule is C[C@@H](C(=O)N1Cc2ccc(S(=O)(=O)Nc3ccncn3)cc2C1)n1ccc2c(F)cccc21.[HH]. The molecule has 8 nitrogen and oxygen atoms in total. The number of sulfonamides is 1. The Kier molecular flexibility index (Phi) is 5.09. The highest BCUT2D eigenvalue weighted by molar-refractivity contribution is 7.92. The maximum Gasteiger partial charge on any atom is 0.263 e. The van der Waals surface area contributed by atoms with Crippen molar-refractivity contribution in [2.45, 2.75) is 31.0 Å². The Hall–Kier alpha value is -3.79. The molecule has 0 fully saturated rings. The van der Waals surface area contributed by atoms with Crippen LogP contribution in [0, 0.1) is 5.82 Å². The van der Waals surface area contributed by atoms with E-state index in [1.54, 1.807) is 52.9 Å². The van der Waals surface area contributed by atoms with Gasteiger partial charge in [-0.3, -0.25) is 9.52 Å². The third kappa shape index (κ3) is 3.82. The second-order valence-electron chi connectivity index (χ2n) is 7.90. The van der Waals surface area contributed by atoms with Gasteiger partial charge in [0.2, 0.25) is 5.91 Å². The van der Waals surface area contributed by atoms with Gasteiger partial charge in [0, 0.05) is 32.3 Å². The van der Waals surface area contributed by atoms with E-state index < -0.39 is 16.1 Å². The van der Waals surface area contributed by atoms with Crippen LogP contribution < -0.4 is 4.72 Å². The Balaban J connectivity index is 0.00000274. The number of rotatable bonds is 5. The fourth-order valence-electron chi connectivity index (χ4n) is 4.11. The van der Waals surface area contributed by atoms with E-state index in [9.17, 15) is 17.6 Å². The summed E-state index contributed by atoms with van der Waals surface area (Å²) in [6.07, 6.45) is 4.41. The third-order valence-electron chi connectivity index (χ3n) is 5.83. The van der Waals surface area contributed by atoms with Crippen LogP contribution in [0.3, 0.4) is 0 Å². The molecule has 2 aromatic heterocycles. The molecule has 3 heterocycles. The normalized spacial score (nSPS) is 14.3. The molecule has 4 aromatic rings. The van der Waals surface area contributed by atoms with Gasteiger partial charge in [-0.2, -0.15) is 0 Å². The largest absolute Gasteiger partial charge is 0.335 e. The first-order valence-electron chi connectivity index (χ1n) is 10.3. The molecule has 10 heteroatoms. The lowest BCUT2D eigenvalue weighted by molar-refractivity contribution is -0.134. The van der Waals surface area contributed by atoms with Gasteiger partial charge in [0.05, 0.1) is 10.4 Å². The van der Waals surface area contributed by atoms with E-state index >= 15 is 0 Å². The molecule has 0 bridgehead atoms. The van der Waals surface area contributed by atoms with Crippen molar-refractivity contribution in [2.24, 2.45) is 0 Å². The minimum absolute atomic E-state index is 0. The van der Waals surface area contributed by atoms with Crippen molar-refractivity contribution in [3.8, 4) is 0 Å². The first kappa shape index (κ1) is 21.1. The van der Waals surface area contributed by atoms with Gasteiger partial charge in [-0.25, -0.2) is 22.8 Å². The van der Waals surface area contributed by atoms with E-state index in [-0.39, 0.29) is 23.9 Å². The minimum Gasteiger partial charge on any atom is -0.335 e. The first-order valence-corrected chi connectivity index (χ1v) is 11.8. The van der Waals surface area contributed by atoms with Crippen LogP contribution in [0.2, 0.25) is 0 Å². The zero-order valence-electron chi connectivity index (χ0n) is 17.6. The lowest BCUT2D eigenvalue weighted by Crippen LogP contribution is -2.32. The number of amides is 1. The molecule has 2 aromatic carbocycles. The predicted molar refractivity (Wildman–Crippen MR) is 122 cm³/mol. The van der Waals surface area contributed by atoms with Crippen molar-refractivity contribution in [3.05, 3.63) is 84.2 Å². The number of anilines is 1. The number of fused-ring (bicyclic) bond motifs is 2. The van der Waals surface area contributed by atoms with E-state index in [1.807, 2.05) is 0 Å². The number of nitrogens with zero attached hydrogens (tertiary/aromatic N) is 4. The smallest absolute Gasteiger partial charge is 0.263 e. The van der Waals surface area contributed by atoms with Crippen LogP contribution in [0.4, 0.5) is 10.2 Å². The standard InChI is InChI=1S/C23H20FN5O3S.H2/c1-15(29-10-8-19-20(24)3-2-4-21(19)29)23(30)28-12-16-5-6-18(11-17(16)13-28)33(31,32)27-22-7-9-25-14-26-22;/h2-11,14-15H,12-13H2,1H3,(H,25,26,27);1H/t15-;/m0./s1. The average Bonchev–Trinajstić information content (AvgIpc) is 3.43. The highest BCUT2D eigenvalue weighted by atomic mass is 32.2. The molecule has 0 spiro atoms. The van der Waals surface area contributed by atoms with Crippen LogP contribution in [-0.2, 0) is 27.9 Å². The predicted octanol–water partition coefficient (Wildman–Crippen LogP) is 3.72. The lowest BCUT2D eigenvalue weighted by Gasteiger charge is -2.22. The number of hydrogen-bond acceptors (Lipinski definition) is 5. The molecule has 5 rings (SSSR count). The molecule has 0 radical (unpaired) electrons. The molecule has 0 saturated heterocycles. The van der Waals surface area contributed by atoms with Gasteiger partial charge in [-0.15, -0.1) is 0 Å². The van der Waals surface area contributed by atoms with Crippen molar-refractivity contribution in [3.63, 3.8) is 0 Å². The summed E-state index contributed by atoms with van der Waals surface area (Å²) >= 11 is 0. The Morgan fingerprint density at radius 1 is 1.15 bits per heavy atom. The summed E-state index contributed by atoms with van der Waals surface area (Å²) in [5.74, 6) is -0.285. The Labute approximate surface area is 191 Å². The van der Waals surface area contributed by atoms with Crippen molar-refractivity contribution in [2.75, 3.05) is 4.72 Å². The van der Waals surface area contributed by atoms with Crippen molar-refractivity contribution in [1.29, 1.82) is 0 Å². The van der Waals surface area contributed by atoms with E-state index in [0.717, 1.165) is 11.1 Å². The molecule has 1 amide bonds. The van der Waals surface area contributed by atoms with Gasteiger partial charge < -0.3 is 9.47 Å². The van der Waals surface area contributed by atoms with Crippen molar-refractivity contribution in [1.82, 2.24) is 19.4 Å². The zero-order chi connectivity index (χ0) is 23.2. The molecule has 33 heavy (non-hydrogen) atoms. The number of carbonyl (C=O) groups is 1. The van der Waals surface area contributed by atoms with Crippen LogP contribution >= 0.6 is 0 Å². The number of aromatic nitrogens is 3. The molecule has 0 saturated carbocycles. The second kappa shape index (κ2) is 7.96. The summed E-state index contributed by atoms with van der Waals surface area (Å²) in [4.78, 5) is 22.7. The number of hydrogen-bond donors (Lipinski definition) is 1. The summed E-state index contributed by atoms with van der Waals surface area (Å²) in [5, 5.41) is 0.466. The summed E-state index contributed by atoms with van der Waals surface area (Å²) in [7, 11) is -3.84. The fourth-order valence-corrected chi connectivity index (χ4v) is 5.17. The topological polar surface area (TPSA) is 97.2 Å². The van der Waals surface area contributed by atoms with Gasteiger partial charge in [0.15, 0.2) is 0 Å². The van der Waals surface area contributed by atoms with E-state index in [1.165, 1.54) is 30.7 Å². The van der Waals surface area contributed by atoms with Gasteiger partial charge in [0.25, 0.3) is 10.0 Å². The molecule has 0 unspecified atom stereocenters. The van der Waals surface area contributed by atoms with E-state index in [2.05, 4.69) is 14.7 Å². The molecule has 1 aliphatic heterocycles. The Morgan fingerprint density at radius 2 is 1.97 bits per heavy atom. The van der Waals surface area contributed by atoms with Crippen LogP contribution in [0.25, 0.3) is 10.9 Å². The second-order valence-corrected chi connectivity index (χ2v) is 9.58. The van der Waals surface area contributed by atoms with E-state index in [0.29, 0.717) is 24.0 Å². The van der Waals surface area contributed by atoms with Gasteiger partial charge in [-0.1, -0.05) is 12.1 Å². The fraction of sp³-hybridized carbons (Fsp3) is 0.174. The van der Waals surface area contributed by atoms with Crippen molar-refractivity contribution < 1.29 is 19.0 Å². The molecule has 1 N–H and O–H groups in total. The summed E-state index contributed by atoms with van der Waals surface area (Å²) in [6, 6.07) is 12.2. The Morgan fingerprint density at radius 3 is 2.76 bits per heavy atom. The summed E-state index contributed by atoms with van der Waals surface area (Å²) < 4.78 is 43.7. The highest BCUT2D eigenvalue weighted by Crippen LogP contribution is 2.30. The quantitative estimate of drug-likeness (QED) is 0.483. The Bertz CT molecular complexity index is 1480. The lowest BCUT2D eigenvalue weighted by atomic mass is 10.1. The van der Waals surface area contributed by atoms with E-state index in [4.69, 9.17) is 0 Å². The summed E-state index contributed by atoms with van der Waals surface area (Å²) in [5.41, 5.74) is 2.31. The van der Waals surface area contributed by atoms with Crippen LogP contribution in [0.15, 0.2) is 72.1 Å². The third-order valence-corrected chi connectivity index (χ3v) is 7.18. The molecular weight excluding hydrogens is 445 g/mol. The van der Waals surface area contributed by atoms with Gasteiger partial charge in [-0.05, 0) is 54.4 Å². The number of nitrogens with one attached hydrogen (secondary N) is 1. The summed E-state index contributed by atoms with van der Waals surface area (Å²) in [6.45, 7) is 2.45. The number of carbonyl (C=O) groups excluding carboxylic acids is 1. The molecule has 1 atom stereocenters. The monoisotopic (exact) mass is 467 g/mol. The molecule has 0 aliphatic carbocycles. The zero-order valence-corrected chi connectivity index (χ0v) is 18.5. The number of halogens is 1. The van der Waals surface area contributed by atoms with Crippen molar-refractivity contribution >= 4 is 32.7 Å². The minimum atomic E-state index is -3.84. The maximum atomic E-state index is 14.0. The molecule has 1 aliphatic rings. The number of benzene rings is 2. The van der Waals surface area contributed by atoms with Crippen LogP contribution in [0.1, 0.15) is 25.5 Å². The van der Waals surface area contributed by atoms with Gasteiger partial charge in [0.1, 0.15) is 24.0 Å². The average molecular weight is 468 g/mol. The van der Waals surface area contributed by atoms with Crippen LogP contribution in [0.5, 0.6) is 0 Å². The molecular formula is C23H22FN5O3S. The van der Waals surface area contributed by atoms with Gasteiger partial charge >= 0.3 is 0 Å². The van der Waals surface area contributed by atoms with Crippen LogP contribution in [-0.4, -0.2) is 33.8 Å². The maximum absolute atomic E-state index is 14.0. The first-order chi connectivity index (χ1) is 15.8. The molecule has 170 valence electrons. The highest BCUT2D eigenvalue weighted by Gasteiger charge is 2.29.